The molecule has 1 heterocycles. The maximum absolute atomic E-state index is 12.4. The zero-order chi connectivity index (χ0) is 16.1. The highest BCUT2D eigenvalue weighted by atomic mass is 35.5. The Balaban J connectivity index is 2.28. The van der Waals surface area contributed by atoms with Crippen LogP contribution in [-0.4, -0.2) is 33.7 Å². The van der Waals surface area contributed by atoms with E-state index >= 15 is 0 Å². The van der Waals surface area contributed by atoms with Gasteiger partial charge in [-0.15, -0.1) is 13.2 Å². The lowest BCUT2D eigenvalue weighted by Gasteiger charge is -2.18. The first-order valence-electron chi connectivity index (χ1n) is 6.58. The quantitative estimate of drug-likeness (QED) is 0.748. The number of carbonyl (C=O) groups excluding carboxylic acids is 1. The van der Waals surface area contributed by atoms with Gasteiger partial charge in [-0.05, 0) is 18.2 Å². The molecule has 0 atom stereocenters. The monoisotopic (exact) mass is 335 g/mol. The van der Waals surface area contributed by atoms with Gasteiger partial charge in [-0.1, -0.05) is 35.4 Å². The van der Waals surface area contributed by atoms with Gasteiger partial charge in [0, 0.05) is 24.3 Å². The molecule has 0 bridgehead atoms. The lowest BCUT2D eigenvalue weighted by molar-refractivity contribution is 0.0791. The fraction of sp³-hybridized carbons (Fsp3) is 0.125. The Morgan fingerprint density at radius 1 is 1.27 bits per heavy atom. The third-order valence-electron chi connectivity index (χ3n) is 2.97. The van der Waals surface area contributed by atoms with Crippen molar-refractivity contribution in [1.29, 1.82) is 0 Å². The highest BCUT2D eigenvalue weighted by Gasteiger charge is 2.16. The zero-order valence-corrected chi connectivity index (χ0v) is 13.4. The highest BCUT2D eigenvalue weighted by molar-refractivity contribution is 6.35. The molecule has 114 valence electrons. The number of halogens is 2. The van der Waals surface area contributed by atoms with E-state index in [0.717, 1.165) is 0 Å². The van der Waals surface area contributed by atoms with Crippen LogP contribution in [0.4, 0.5) is 0 Å². The fourth-order valence-electron chi connectivity index (χ4n) is 1.97. The maximum atomic E-state index is 12.4. The molecular weight excluding hydrogens is 321 g/mol. The van der Waals surface area contributed by atoms with Gasteiger partial charge in [0.05, 0.1) is 22.5 Å². The number of aromatic nitrogens is 2. The number of hydrogen-bond donors (Lipinski definition) is 0. The summed E-state index contributed by atoms with van der Waals surface area (Å²) in [7, 11) is 0. The van der Waals surface area contributed by atoms with Gasteiger partial charge in [0.15, 0.2) is 0 Å². The SMILES string of the molecule is C=CCN(CC=C)C(=O)c1cnn(-c2ccc(Cl)cc2Cl)c1. The molecule has 1 aromatic carbocycles. The number of rotatable bonds is 6. The Labute approximate surface area is 139 Å². The van der Waals surface area contributed by atoms with Crippen LogP contribution in [-0.2, 0) is 0 Å². The van der Waals surface area contributed by atoms with Crippen LogP contribution in [0.1, 0.15) is 10.4 Å². The Kier molecular flexibility index (Phi) is 5.41. The Morgan fingerprint density at radius 3 is 2.55 bits per heavy atom. The summed E-state index contributed by atoms with van der Waals surface area (Å²) in [4.78, 5) is 14.0. The second kappa shape index (κ2) is 7.29. The van der Waals surface area contributed by atoms with Crippen LogP contribution in [0.2, 0.25) is 10.0 Å². The minimum atomic E-state index is -0.142. The van der Waals surface area contributed by atoms with Gasteiger partial charge in [0.25, 0.3) is 5.91 Å². The summed E-state index contributed by atoms with van der Waals surface area (Å²) in [5, 5.41) is 5.19. The van der Waals surface area contributed by atoms with Crippen LogP contribution in [0.5, 0.6) is 0 Å². The van der Waals surface area contributed by atoms with Crippen LogP contribution in [0.3, 0.4) is 0 Å². The van der Waals surface area contributed by atoms with E-state index in [1.807, 2.05) is 0 Å². The van der Waals surface area contributed by atoms with Crippen molar-refractivity contribution >= 4 is 29.1 Å². The smallest absolute Gasteiger partial charge is 0.257 e. The number of carbonyl (C=O) groups is 1. The third kappa shape index (κ3) is 3.59. The van der Waals surface area contributed by atoms with Crippen LogP contribution < -0.4 is 0 Å². The van der Waals surface area contributed by atoms with E-state index in [9.17, 15) is 4.79 Å². The van der Waals surface area contributed by atoms with E-state index in [1.165, 1.54) is 6.20 Å². The van der Waals surface area contributed by atoms with Crippen LogP contribution in [0.15, 0.2) is 55.9 Å². The van der Waals surface area contributed by atoms with Crippen LogP contribution in [0.25, 0.3) is 5.69 Å². The van der Waals surface area contributed by atoms with E-state index in [4.69, 9.17) is 23.2 Å². The van der Waals surface area contributed by atoms with Gasteiger partial charge >= 0.3 is 0 Å². The molecule has 0 aliphatic heterocycles. The molecule has 22 heavy (non-hydrogen) atoms. The first kappa shape index (κ1) is 16.3. The van der Waals surface area contributed by atoms with Crippen molar-refractivity contribution in [3.8, 4) is 5.69 Å². The molecule has 0 fully saturated rings. The van der Waals surface area contributed by atoms with Crippen molar-refractivity contribution in [3.05, 3.63) is 71.5 Å². The van der Waals surface area contributed by atoms with Crippen molar-refractivity contribution in [2.75, 3.05) is 13.1 Å². The first-order chi connectivity index (χ1) is 10.6. The summed E-state index contributed by atoms with van der Waals surface area (Å²) in [5.74, 6) is -0.142. The molecule has 2 aromatic rings. The lowest BCUT2D eigenvalue weighted by atomic mass is 10.3. The predicted molar refractivity (Wildman–Crippen MR) is 89.9 cm³/mol. The van der Waals surface area contributed by atoms with Crippen molar-refractivity contribution in [2.45, 2.75) is 0 Å². The topological polar surface area (TPSA) is 38.1 Å². The fourth-order valence-corrected chi connectivity index (χ4v) is 2.46. The molecule has 1 amide bonds. The van der Waals surface area contributed by atoms with Gasteiger partial charge in [-0.3, -0.25) is 4.79 Å². The van der Waals surface area contributed by atoms with Crippen molar-refractivity contribution in [1.82, 2.24) is 14.7 Å². The van der Waals surface area contributed by atoms with Gasteiger partial charge in [0.1, 0.15) is 0 Å². The molecular formula is C16H15Cl2N3O. The van der Waals surface area contributed by atoms with Gasteiger partial charge in [-0.25, -0.2) is 4.68 Å². The molecule has 0 saturated heterocycles. The van der Waals surface area contributed by atoms with E-state index < -0.39 is 0 Å². The second-order valence-corrected chi connectivity index (χ2v) is 5.40. The Hall–Kier alpha value is -2.04. The molecule has 6 heteroatoms. The number of hydrogen-bond acceptors (Lipinski definition) is 2. The molecule has 2 rings (SSSR count). The van der Waals surface area contributed by atoms with Crippen LogP contribution >= 0.6 is 23.2 Å². The lowest BCUT2D eigenvalue weighted by Crippen LogP contribution is -2.31. The van der Waals surface area contributed by atoms with E-state index in [-0.39, 0.29) is 5.91 Å². The standard InChI is InChI=1S/C16H15Cl2N3O/c1-3-7-20(8-4-2)16(22)12-10-19-21(11-12)15-6-5-13(17)9-14(15)18/h3-6,9-11H,1-2,7-8H2. The summed E-state index contributed by atoms with van der Waals surface area (Å²) < 4.78 is 1.55. The Bertz CT molecular complexity index is 699. The van der Waals surface area contributed by atoms with Crippen molar-refractivity contribution in [3.63, 3.8) is 0 Å². The summed E-state index contributed by atoms with van der Waals surface area (Å²) in [6.07, 6.45) is 6.48. The van der Waals surface area contributed by atoms with Crippen molar-refractivity contribution in [2.24, 2.45) is 0 Å². The highest BCUT2D eigenvalue weighted by Crippen LogP contribution is 2.24. The van der Waals surface area contributed by atoms with Crippen LogP contribution in [0, 0.1) is 0 Å². The molecule has 0 spiro atoms. The molecule has 0 unspecified atom stereocenters. The summed E-state index contributed by atoms with van der Waals surface area (Å²) in [5.41, 5.74) is 1.12. The molecule has 0 aliphatic rings. The largest absolute Gasteiger partial charge is 0.331 e. The molecule has 0 N–H and O–H groups in total. The minimum absolute atomic E-state index is 0.142. The van der Waals surface area contributed by atoms with E-state index in [2.05, 4.69) is 18.3 Å². The molecule has 0 saturated carbocycles. The van der Waals surface area contributed by atoms with E-state index in [0.29, 0.717) is 34.4 Å². The molecule has 4 nitrogen and oxygen atoms in total. The maximum Gasteiger partial charge on any atom is 0.257 e. The average molecular weight is 336 g/mol. The molecule has 0 aliphatic carbocycles. The number of benzene rings is 1. The first-order valence-corrected chi connectivity index (χ1v) is 7.33. The molecule has 1 aromatic heterocycles. The minimum Gasteiger partial charge on any atom is -0.331 e. The summed E-state index contributed by atoms with van der Waals surface area (Å²) in [6.45, 7) is 8.19. The second-order valence-electron chi connectivity index (χ2n) is 4.56. The Morgan fingerprint density at radius 2 is 1.95 bits per heavy atom. The van der Waals surface area contributed by atoms with Gasteiger partial charge < -0.3 is 4.90 Å². The number of nitrogens with zero attached hydrogens (tertiary/aromatic N) is 3. The number of amides is 1. The average Bonchev–Trinajstić information content (AvgIpc) is 2.96. The van der Waals surface area contributed by atoms with Gasteiger partial charge in [-0.2, -0.15) is 5.10 Å². The van der Waals surface area contributed by atoms with E-state index in [1.54, 1.807) is 46.1 Å². The molecule has 0 radical (unpaired) electrons. The third-order valence-corrected chi connectivity index (χ3v) is 3.51. The van der Waals surface area contributed by atoms with Crippen molar-refractivity contribution < 1.29 is 4.79 Å². The predicted octanol–water partition coefficient (Wildman–Crippen LogP) is 3.99. The normalized spacial score (nSPS) is 10.3. The summed E-state index contributed by atoms with van der Waals surface area (Å²) in [6, 6.07) is 5.09. The zero-order valence-electron chi connectivity index (χ0n) is 11.9. The van der Waals surface area contributed by atoms with Gasteiger partial charge in [0.2, 0.25) is 0 Å². The summed E-state index contributed by atoms with van der Waals surface area (Å²) >= 11 is 12.0.